The largest absolute Gasteiger partial charge is 0.537 e. The van der Waals surface area contributed by atoms with Crippen LogP contribution < -0.4 is 0 Å². The van der Waals surface area contributed by atoms with E-state index in [1.807, 2.05) is 0 Å². The van der Waals surface area contributed by atoms with Gasteiger partial charge in [0, 0.05) is 0 Å². The van der Waals surface area contributed by atoms with Crippen molar-refractivity contribution >= 4 is 0 Å². The third kappa shape index (κ3) is 0.609. The van der Waals surface area contributed by atoms with Gasteiger partial charge >= 0.3 is 5.79 Å². The van der Waals surface area contributed by atoms with Crippen molar-refractivity contribution in [1.29, 1.82) is 5.26 Å². The monoisotopic (exact) mass is 140 g/mol. The van der Waals surface area contributed by atoms with E-state index in [0.29, 0.717) is 0 Å². The van der Waals surface area contributed by atoms with E-state index >= 15 is 0 Å². The fourth-order valence-electron chi connectivity index (χ4n) is 0.343. The molecule has 0 saturated heterocycles. The quantitative estimate of drug-likeness (QED) is 0.384. The average Bonchev–Trinajstić information content (AvgIpc) is 2.35. The molecule has 8 nitrogen and oxygen atoms in total. The van der Waals surface area contributed by atoms with E-state index in [1.54, 1.807) is 0 Å². The molecule has 0 aromatic heterocycles. The topological polar surface area (TPSA) is 116 Å². The molecular weight excluding hydrogens is 140 g/mol. The molecule has 0 N–H and O–H groups in total. The maximum atomic E-state index is 10.0. The Hall–Kier alpha value is -1.91. The van der Waals surface area contributed by atoms with Gasteiger partial charge in [-0.15, -0.1) is 0 Å². The van der Waals surface area contributed by atoms with Gasteiger partial charge in [0.2, 0.25) is 6.07 Å². The first kappa shape index (κ1) is 6.21. The van der Waals surface area contributed by atoms with E-state index in [-0.39, 0.29) is 0 Å². The molecule has 0 radical (unpaired) electrons. The van der Waals surface area contributed by atoms with Gasteiger partial charge < -0.3 is 0 Å². The lowest BCUT2D eigenvalue weighted by molar-refractivity contribution is -0.548. The Bertz CT molecular complexity index is 247. The second kappa shape index (κ2) is 1.80. The second-order valence-corrected chi connectivity index (χ2v) is 1.38. The third-order valence-corrected chi connectivity index (χ3v) is 0.813. The molecular formula is C2N6O2. The predicted molar refractivity (Wildman–Crippen MR) is 25.1 cm³/mol. The van der Waals surface area contributed by atoms with Crippen LogP contribution in [0.3, 0.4) is 0 Å². The lowest BCUT2D eigenvalue weighted by atomic mass is 10.4. The maximum absolute atomic E-state index is 10.0. The van der Waals surface area contributed by atoms with Gasteiger partial charge in [-0.1, -0.05) is 0 Å². The number of hydrogen-bond acceptors (Lipinski definition) is 7. The lowest BCUT2D eigenvalue weighted by Crippen LogP contribution is -2.29. The minimum atomic E-state index is -2.32. The summed E-state index contributed by atoms with van der Waals surface area (Å²) in [6.45, 7) is 0. The zero-order valence-corrected chi connectivity index (χ0v) is 4.50. The second-order valence-electron chi connectivity index (χ2n) is 1.38. The number of hydrogen-bond donors (Lipinski definition) is 0. The first-order valence-electron chi connectivity index (χ1n) is 2.11. The van der Waals surface area contributed by atoms with Crippen LogP contribution in [0.1, 0.15) is 0 Å². The van der Waals surface area contributed by atoms with Crippen molar-refractivity contribution in [2.75, 3.05) is 0 Å². The van der Waals surface area contributed by atoms with Gasteiger partial charge in [0.1, 0.15) is 0 Å². The van der Waals surface area contributed by atoms with Gasteiger partial charge in [0.05, 0.1) is 4.92 Å². The van der Waals surface area contributed by atoms with Gasteiger partial charge in [-0.05, 0) is 20.7 Å². The molecule has 0 spiro atoms. The highest BCUT2D eigenvalue weighted by Crippen LogP contribution is 2.18. The van der Waals surface area contributed by atoms with Gasteiger partial charge in [0.15, 0.2) is 0 Å². The summed E-state index contributed by atoms with van der Waals surface area (Å²) < 4.78 is 0. The van der Waals surface area contributed by atoms with Crippen LogP contribution in [0.2, 0.25) is 0 Å². The summed E-state index contributed by atoms with van der Waals surface area (Å²) in [5.74, 6) is -2.32. The minimum Gasteiger partial charge on any atom is -0.259 e. The van der Waals surface area contributed by atoms with E-state index in [1.165, 1.54) is 6.07 Å². The number of nitrogens with zero attached hydrogens (tertiary/aromatic N) is 6. The Morgan fingerprint density at radius 2 is 2.00 bits per heavy atom. The Morgan fingerprint density at radius 3 is 2.20 bits per heavy atom. The highest BCUT2D eigenvalue weighted by atomic mass is 16.6. The van der Waals surface area contributed by atoms with Crippen LogP contribution in [0.4, 0.5) is 0 Å². The lowest BCUT2D eigenvalue weighted by Gasteiger charge is -1.96. The van der Waals surface area contributed by atoms with Crippen molar-refractivity contribution < 1.29 is 4.92 Å². The SMILES string of the molecule is N#CC1([N+](=O)[O-])N=NN=N1. The summed E-state index contributed by atoms with van der Waals surface area (Å²) in [5.41, 5.74) is 0. The molecule has 0 aromatic carbocycles. The summed E-state index contributed by atoms with van der Waals surface area (Å²) >= 11 is 0. The first-order valence-corrected chi connectivity index (χ1v) is 2.11. The van der Waals surface area contributed by atoms with Crippen LogP contribution >= 0.6 is 0 Å². The van der Waals surface area contributed by atoms with Crippen molar-refractivity contribution in [3.8, 4) is 6.07 Å². The zero-order chi connectivity index (χ0) is 7.61. The smallest absolute Gasteiger partial charge is 0.259 e. The van der Waals surface area contributed by atoms with Crippen LogP contribution in [-0.2, 0) is 0 Å². The molecule has 1 aliphatic rings. The van der Waals surface area contributed by atoms with Crippen molar-refractivity contribution in [3.63, 3.8) is 0 Å². The van der Waals surface area contributed by atoms with Gasteiger partial charge in [-0.2, -0.15) is 5.26 Å². The van der Waals surface area contributed by atoms with Crippen LogP contribution in [0.5, 0.6) is 0 Å². The van der Waals surface area contributed by atoms with Gasteiger partial charge in [-0.3, -0.25) is 10.1 Å². The standard InChI is InChI=1S/C2N6O2/c3-1-2(8(9)10)4-6-7-5-2. The van der Waals surface area contributed by atoms with E-state index in [4.69, 9.17) is 5.26 Å². The zero-order valence-electron chi connectivity index (χ0n) is 4.50. The molecule has 50 valence electrons. The van der Waals surface area contributed by atoms with Crippen molar-refractivity contribution in [3.05, 3.63) is 10.1 Å². The molecule has 0 fully saturated rings. The van der Waals surface area contributed by atoms with E-state index in [0.717, 1.165) is 0 Å². The Balaban J connectivity index is 3.05. The molecule has 1 heterocycles. The Labute approximate surface area is 54.0 Å². The summed E-state index contributed by atoms with van der Waals surface area (Å²) in [6, 6.07) is 1.26. The molecule has 0 amide bonds. The van der Waals surface area contributed by atoms with Crippen LogP contribution in [0, 0.1) is 21.4 Å². The summed E-state index contributed by atoms with van der Waals surface area (Å²) in [7, 11) is 0. The first-order chi connectivity index (χ1) is 4.71. The van der Waals surface area contributed by atoms with E-state index in [2.05, 4.69) is 20.7 Å². The highest BCUT2D eigenvalue weighted by molar-refractivity contribution is 4.95. The molecule has 0 atom stereocenters. The number of nitro groups is 1. The van der Waals surface area contributed by atoms with Crippen molar-refractivity contribution in [1.82, 2.24) is 0 Å². The fourth-order valence-corrected chi connectivity index (χ4v) is 0.343. The molecule has 8 heteroatoms. The molecule has 0 unspecified atom stereocenters. The van der Waals surface area contributed by atoms with Crippen LogP contribution in [-0.4, -0.2) is 10.7 Å². The minimum absolute atomic E-state index is 0.965. The molecule has 0 aromatic rings. The van der Waals surface area contributed by atoms with Crippen LogP contribution in [0.15, 0.2) is 20.7 Å². The average molecular weight is 140 g/mol. The van der Waals surface area contributed by atoms with E-state index in [9.17, 15) is 10.1 Å². The van der Waals surface area contributed by atoms with Gasteiger partial charge in [-0.25, -0.2) is 0 Å². The molecule has 10 heavy (non-hydrogen) atoms. The number of rotatable bonds is 1. The summed E-state index contributed by atoms with van der Waals surface area (Å²) in [4.78, 5) is 9.06. The highest BCUT2D eigenvalue weighted by Gasteiger charge is 2.47. The molecule has 0 saturated carbocycles. The molecule has 0 aliphatic carbocycles. The van der Waals surface area contributed by atoms with E-state index < -0.39 is 10.7 Å². The Kier molecular flexibility index (Phi) is 1.12. The summed E-state index contributed by atoms with van der Waals surface area (Å²) in [5, 5.41) is 29.7. The van der Waals surface area contributed by atoms with Crippen LogP contribution in [0.25, 0.3) is 0 Å². The molecule has 1 aliphatic heterocycles. The normalized spacial score (nSPS) is 18.7. The predicted octanol–water partition coefficient (Wildman–Crippen LogP) is 0.273. The van der Waals surface area contributed by atoms with Gasteiger partial charge in [0.25, 0.3) is 0 Å². The summed E-state index contributed by atoms with van der Waals surface area (Å²) in [6.07, 6.45) is 0. The maximum Gasteiger partial charge on any atom is 0.537 e. The third-order valence-electron chi connectivity index (χ3n) is 0.813. The van der Waals surface area contributed by atoms with Crippen molar-refractivity contribution in [2.45, 2.75) is 5.79 Å². The molecule has 0 bridgehead atoms. The Morgan fingerprint density at radius 1 is 1.50 bits per heavy atom. The van der Waals surface area contributed by atoms with Crippen molar-refractivity contribution in [2.24, 2.45) is 20.7 Å². The fraction of sp³-hybridized carbons (Fsp3) is 0.500. The number of nitriles is 1. The molecule has 1 rings (SSSR count).